The lowest BCUT2D eigenvalue weighted by Crippen LogP contribution is -2.26. The Morgan fingerprint density at radius 3 is 2.03 bits per heavy atom. The summed E-state index contributed by atoms with van der Waals surface area (Å²) in [7, 11) is 0. The van der Waals surface area contributed by atoms with Crippen molar-refractivity contribution in [1.29, 1.82) is 0 Å². The minimum Gasteiger partial charge on any atom is -0.444 e. The van der Waals surface area contributed by atoms with Crippen molar-refractivity contribution < 1.29 is 18.7 Å². The number of halogens is 1. The molecule has 4 nitrogen and oxygen atoms in total. The van der Waals surface area contributed by atoms with Gasteiger partial charge in [0.05, 0.1) is 5.56 Å². The Bertz CT molecular complexity index is 967. The predicted molar refractivity (Wildman–Crippen MR) is 110 cm³/mol. The number of hydrogen-bond donors (Lipinski definition) is 1. The quantitative estimate of drug-likeness (QED) is 0.566. The summed E-state index contributed by atoms with van der Waals surface area (Å²) in [6, 6.07) is 21.3. The van der Waals surface area contributed by atoms with Gasteiger partial charge in [0.2, 0.25) is 6.10 Å². The normalized spacial score (nSPS) is 11.7. The number of carbonyl (C=O) groups is 2. The highest BCUT2D eigenvalue weighted by atomic mass is 19.1. The zero-order chi connectivity index (χ0) is 20.8. The van der Waals surface area contributed by atoms with Crippen molar-refractivity contribution in [3.63, 3.8) is 0 Å². The van der Waals surface area contributed by atoms with E-state index in [2.05, 4.69) is 19.2 Å². The smallest absolute Gasteiger partial charge is 0.339 e. The topological polar surface area (TPSA) is 55.4 Å². The van der Waals surface area contributed by atoms with Crippen LogP contribution in [-0.4, -0.2) is 11.9 Å². The maximum Gasteiger partial charge on any atom is 0.339 e. The van der Waals surface area contributed by atoms with Crippen LogP contribution in [0.25, 0.3) is 0 Å². The molecule has 0 spiro atoms. The lowest BCUT2D eigenvalue weighted by atomic mass is 10.0. The van der Waals surface area contributed by atoms with Crippen LogP contribution in [-0.2, 0) is 9.53 Å². The van der Waals surface area contributed by atoms with Gasteiger partial charge in [0.25, 0.3) is 5.91 Å². The van der Waals surface area contributed by atoms with Crippen molar-refractivity contribution in [2.45, 2.75) is 25.9 Å². The average molecular weight is 391 g/mol. The third kappa shape index (κ3) is 5.29. The standard InChI is InChI=1S/C24H22FNO3/c1-16(2)17-8-10-19(11-9-17)24(28)29-22(18-6-4-3-5-7-18)23(27)26-21-14-12-20(25)13-15-21/h3-16,22H,1-2H3,(H,26,27)/t22-/m1/s1. The molecule has 0 aromatic heterocycles. The number of carbonyl (C=O) groups excluding carboxylic acids is 2. The van der Waals surface area contributed by atoms with Crippen LogP contribution in [0.3, 0.4) is 0 Å². The van der Waals surface area contributed by atoms with Crippen LogP contribution >= 0.6 is 0 Å². The van der Waals surface area contributed by atoms with E-state index >= 15 is 0 Å². The summed E-state index contributed by atoms with van der Waals surface area (Å²) in [6.45, 7) is 4.14. The highest BCUT2D eigenvalue weighted by Gasteiger charge is 2.26. The molecular weight excluding hydrogens is 369 g/mol. The molecule has 1 atom stereocenters. The number of ether oxygens (including phenoxy) is 1. The van der Waals surface area contributed by atoms with Crippen LogP contribution in [0.5, 0.6) is 0 Å². The monoisotopic (exact) mass is 391 g/mol. The van der Waals surface area contributed by atoms with Crippen LogP contribution in [0.1, 0.15) is 47.4 Å². The molecule has 3 aromatic carbocycles. The van der Waals surface area contributed by atoms with E-state index in [9.17, 15) is 14.0 Å². The van der Waals surface area contributed by atoms with Gasteiger partial charge in [-0.15, -0.1) is 0 Å². The van der Waals surface area contributed by atoms with Gasteiger partial charge in [0.1, 0.15) is 5.82 Å². The molecule has 1 N–H and O–H groups in total. The molecule has 0 radical (unpaired) electrons. The zero-order valence-corrected chi connectivity index (χ0v) is 16.3. The molecule has 5 heteroatoms. The second-order valence-electron chi connectivity index (χ2n) is 6.97. The zero-order valence-electron chi connectivity index (χ0n) is 16.3. The third-order valence-electron chi connectivity index (χ3n) is 4.49. The molecule has 148 valence electrons. The highest BCUT2D eigenvalue weighted by Crippen LogP contribution is 2.23. The number of hydrogen-bond acceptors (Lipinski definition) is 3. The van der Waals surface area contributed by atoms with E-state index < -0.39 is 23.8 Å². The number of nitrogens with one attached hydrogen (secondary N) is 1. The van der Waals surface area contributed by atoms with Crippen molar-refractivity contribution in [2.75, 3.05) is 5.32 Å². The van der Waals surface area contributed by atoms with Gasteiger partial charge in [-0.05, 0) is 47.9 Å². The van der Waals surface area contributed by atoms with Gasteiger partial charge in [0.15, 0.2) is 0 Å². The summed E-state index contributed by atoms with van der Waals surface area (Å²) < 4.78 is 18.7. The van der Waals surface area contributed by atoms with Crippen LogP contribution in [0, 0.1) is 5.82 Å². The fraction of sp³-hybridized carbons (Fsp3) is 0.167. The molecule has 0 unspecified atom stereocenters. The molecule has 0 saturated carbocycles. The summed E-state index contributed by atoms with van der Waals surface area (Å²) >= 11 is 0. The van der Waals surface area contributed by atoms with Gasteiger partial charge in [-0.1, -0.05) is 56.3 Å². The average Bonchev–Trinajstić information content (AvgIpc) is 2.74. The van der Waals surface area contributed by atoms with Crippen LogP contribution < -0.4 is 5.32 Å². The van der Waals surface area contributed by atoms with Crippen molar-refractivity contribution in [3.05, 3.63) is 101 Å². The second-order valence-corrected chi connectivity index (χ2v) is 6.97. The molecule has 0 heterocycles. The molecule has 0 bridgehead atoms. The van der Waals surface area contributed by atoms with E-state index in [1.165, 1.54) is 24.3 Å². The minimum atomic E-state index is -1.14. The van der Waals surface area contributed by atoms with E-state index in [0.29, 0.717) is 22.7 Å². The Balaban J connectivity index is 1.81. The highest BCUT2D eigenvalue weighted by molar-refractivity contribution is 5.98. The summed E-state index contributed by atoms with van der Waals surface area (Å²) in [6.07, 6.45) is -1.14. The maximum absolute atomic E-state index is 13.1. The van der Waals surface area contributed by atoms with Crippen LogP contribution in [0.4, 0.5) is 10.1 Å². The maximum atomic E-state index is 13.1. The summed E-state index contributed by atoms with van der Waals surface area (Å²) in [4.78, 5) is 25.5. The van der Waals surface area contributed by atoms with Crippen molar-refractivity contribution in [3.8, 4) is 0 Å². The Morgan fingerprint density at radius 2 is 1.45 bits per heavy atom. The van der Waals surface area contributed by atoms with E-state index in [-0.39, 0.29) is 0 Å². The van der Waals surface area contributed by atoms with E-state index in [1.54, 1.807) is 36.4 Å². The first-order valence-corrected chi connectivity index (χ1v) is 9.36. The summed E-state index contributed by atoms with van der Waals surface area (Å²) in [5.41, 5.74) is 2.43. The first-order valence-electron chi connectivity index (χ1n) is 9.36. The predicted octanol–water partition coefficient (Wildman–Crippen LogP) is 5.49. The number of rotatable bonds is 6. The molecule has 29 heavy (non-hydrogen) atoms. The fourth-order valence-electron chi connectivity index (χ4n) is 2.82. The number of benzene rings is 3. The second kappa shape index (κ2) is 9.15. The van der Waals surface area contributed by atoms with E-state index in [4.69, 9.17) is 4.74 Å². The number of esters is 1. The van der Waals surface area contributed by atoms with Gasteiger partial charge < -0.3 is 10.1 Å². The molecule has 0 saturated heterocycles. The fourth-order valence-corrected chi connectivity index (χ4v) is 2.82. The lowest BCUT2D eigenvalue weighted by Gasteiger charge is -2.18. The Hall–Kier alpha value is -3.47. The Morgan fingerprint density at radius 1 is 0.828 bits per heavy atom. The molecular formula is C24H22FNO3. The van der Waals surface area contributed by atoms with E-state index in [1.807, 2.05) is 18.2 Å². The Kier molecular flexibility index (Phi) is 6.39. The molecule has 0 aliphatic heterocycles. The van der Waals surface area contributed by atoms with Gasteiger partial charge in [-0.25, -0.2) is 9.18 Å². The minimum absolute atomic E-state index is 0.346. The first kappa shape index (κ1) is 20.3. The molecule has 0 aliphatic carbocycles. The molecule has 3 rings (SSSR count). The number of anilines is 1. The summed E-state index contributed by atoms with van der Waals surface area (Å²) in [5, 5.41) is 2.67. The van der Waals surface area contributed by atoms with Crippen LogP contribution in [0.15, 0.2) is 78.9 Å². The van der Waals surface area contributed by atoms with Crippen LogP contribution in [0.2, 0.25) is 0 Å². The molecule has 1 amide bonds. The number of amides is 1. The SMILES string of the molecule is CC(C)c1ccc(C(=O)O[C@@H](C(=O)Nc2ccc(F)cc2)c2ccccc2)cc1. The van der Waals surface area contributed by atoms with Crippen molar-refractivity contribution in [2.24, 2.45) is 0 Å². The Labute approximate surface area is 169 Å². The molecule has 3 aromatic rings. The van der Waals surface area contributed by atoms with Gasteiger partial charge in [0, 0.05) is 11.3 Å². The van der Waals surface area contributed by atoms with Gasteiger partial charge in [-0.3, -0.25) is 4.79 Å². The lowest BCUT2D eigenvalue weighted by molar-refractivity contribution is -0.125. The van der Waals surface area contributed by atoms with Crippen molar-refractivity contribution >= 4 is 17.6 Å². The summed E-state index contributed by atoms with van der Waals surface area (Å²) in [5.74, 6) is -1.17. The largest absolute Gasteiger partial charge is 0.444 e. The molecule has 0 fully saturated rings. The van der Waals surface area contributed by atoms with Gasteiger partial charge in [-0.2, -0.15) is 0 Å². The third-order valence-corrected chi connectivity index (χ3v) is 4.49. The molecule has 0 aliphatic rings. The van der Waals surface area contributed by atoms with Crippen molar-refractivity contribution in [1.82, 2.24) is 0 Å². The first-order chi connectivity index (χ1) is 13.9. The van der Waals surface area contributed by atoms with Gasteiger partial charge >= 0.3 is 5.97 Å². The van der Waals surface area contributed by atoms with E-state index in [0.717, 1.165) is 5.56 Å².